The number of rotatable bonds is 6. The van der Waals surface area contributed by atoms with Crippen molar-refractivity contribution in [1.82, 2.24) is 10.2 Å². The molecule has 1 atom stereocenters. The zero-order chi connectivity index (χ0) is 19.9. The Kier molecular flexibility index (Phi) is 6.53. The van der Waals surface area contributed by atoms with Crippen molar-refractivity contribution >= 4 is 17.6 Å². The highest BCUT2D eigenvalue weighted by atomic mass is 16.5. The first kappa shape index (κ1) is 19.7. The number of nitrogens with one attached hydrogen (secondary N) is 2. The molecule has 1 unspecified atom stereocenters. The van der Waals surface area contributed by atoms with Gasteiger partial charge >= 0.3 is 6.03 Å². The first-order chi connectivity index (χ1) is 13.6. The second kappa shape index (κ2) is 9.26. The van der Waals surface area contributed by atoms with E-state index in [1.165, 1.54) is 0 Å². The summed E-state index contributed by atoms with van der Waals surface area (Å²) < 4.78 is 5.48. The molecule has 0 bridgehead atoms. The van der Waals surface area contributed by atoms with Gasteiger partial charge < -0.3 is 20.3 Å². The number of benzene rings is 2. The molecule has 2 aromatic carbocycles. The minimum absolute atomic E-state index is 0.0226. The first-order valence-electron chi connectivity index (χ1n) is 9.70. The minimum Gasteiger partial charge on any atom is -0.494 e. The molecule has 6 nitrogen and oxygen atoms in total. The number of hydrogen-bond donors (Lipinski definition) is 2. The van der Waals surface area contributed by atoms with E-state index in [2.05, 4.69) is 10.6 Å². The zero-order valence-corrected chi connectivity index (χ0v) is 16.4. The van der Waals surface area contributed by atoms with Crippen molar-refractivity contribution in [3.63, 3.8) is 0 Å². The maximum absolute atomic E-state index is 12.7. The molecular weight excluding hydrogens is 354 g/mol. The molecule has 1 fully saturated rings. The molecule has 2 N–H and O–H groups in total. The van der Waals surface area contributed by atoms with Crippen molar-refractivity contribution in [2.45, 2.75) is 32.7 Å². The Morgan fingerprint density at radius 2 is 1.96 bits per heavy atom. The predicted octanol–water partition coefficient (Wildman–Crippen LogP) is 3.88. The minimum atomic E-state index is -0.379. The Labute approximate surface area is 165 Å². The van der Waals surface area contributed by atoms with Crippen LogP contribution in [0.5, 0.6) is 5.75 Å². The molecule has 28 heavy (non-hydrogen) atoms. The monoisotopic (exact) mass is 381 g/mol. The van der Waals surface area contributed by atoms with E-state index in [4.69, 9.17) is 4.74 Å². The van der Waals surface area contributed by atoms with Crippen molar-refractivity contribution in [2.24, 2.45) is 0 Å². The van der Waals surface area contributed by atoms with Gasteiger partial charge in [0.25, 0.3) is 0 Å². The quantitative estimate of drug-likeness (QED) is 0.798. The maximum Gasteiger partial charge on any atom is 0.319 e. The zero-order valence-electron chi connectivity index (χ0n) is 16.4. The fourth-order valence-corrected chi connectivity index (χ4v) is 3.52. The van der Waals surface area contributed by atoms with Crippen LogP contribution >= 0.6 is 0 Å². The third-order valence-corrected chi connectivity index (χ3v) is 4.83. The van der Waals surface area contributed by atoms with Gasteiger partial charge in [-0.1, -0.05) is 24.3 Å². The first-order valence-corrected chi connectivity index (χ1v) is 9.70. The van der Waals surface area contributed by atoms with Crippen LogP contribution in [-0.2, 0) is 4.79 Å². The summed E-state index contributed by atoms with van der Waals surface area (Å²) in [7, 11) is 0. The van der Waals surface area contributed by atoms with Gasteiger partial charge in [0.1, 0.15) is 5.75 Å². The molecule has 0 aromatic heterocycles. The van der Waals surface area contributed by atoms with Crippen LogP contribution in [0.4, 0.5) is 10.5 Å². The van der Waals surface area contributed by atoms with Gasteiger partial charge in [0, 0.05) is 12.2 Å². The highest BCUT2D eigenvalue weighted by Gasteiger charge is 2.29. The number of amides is 3. The van der Waals surface area contributed by atoms with E-state index in [0.717, 1.165) is 29.7 Å². The lowest BCUT2D eigenvalue weighted by atomic mass is 10.0. The molecule has 1 heterocycles. The van der Waals surface area contributed by atoms with Crippen molar-refractivity contribution in [3.05, 3.63) is 59.7 Å². The van der Waals surface area contributed by atoms with E-state index in [1.807, 2.05) is 67.3 Å². The van der Waals surface area contributed by atoms with E-state index >= 15 is 0 Å². The normalized spacial score (nSPS) is 15.9. The Hall–Kier alpha value is -3.02. The molecular formula is C22H27N3O3. The fourth-order valence-electron chi connectivity index (χ4n) is 3.52. The average molecular weight is 381 g/mol. The number of anilines is 1. The third-order valence-electron chi connectivity index (χ3n) is 4.83. The number of carbonyl (C=O) groups excluding carboxylic acids is 2. The molecule has 0 saturated carbocycles. The molecule has 1 aliphatic rings. The number of carbonyl (C=O) groups is 2. The number of aryl methyl sites for hydroxylation is 1. The summed E-state index contributed by atoms with van der Waals surface area (Å²) in [5.74, 6) is 0.757. The average Bonchev–Trinajstić information content (AvgIpc) is 3.17. The van der Waals surface area contributed by atoms with E-state index in [-0.39, 0.29) is 24.5 Å². The maximum atomic E-state index is 12.7. The summed E-state index contributed by atoms with van der Waals surface area (Å²) in [6, 6.07) is 15.1. The van der Waals surface area contributed by atoms with Crippen molar-refractivity contribution in [1.29, 1.82) is 0 Å². The third kappa shape index (κ3) is 5.03. The fraction of sp³-hybridized carbons (Fsp3) is 0.364. The molecule has 1 aliphatic heterocycles. The Morgan fingerprint density at radius 3 is 2.68 bits per heavy atom. The molecule has 1 saturated heterocycles. The summed E-state index contributed by atoms with van der Waals surface area (Å²) in [6.07, 6.45) is 1.88. The molecule has 3 rings (SSSR count). The molecule has 2 aromatic rings. The molecule has 0 radical (unpaired) electrons. The summed E-state index contributed by atoms with van der Waals surface area (Å²) in [6.45, 7) is 5.22. The van der Waals surface area contributed by atoms with Crippen LogP contribution in [0.15, 0.2) is 48.5 Å². The molecule has 148 valence electrons. The van der Waals surface area contributed by atoms with Crippen LogP contribution in [0.25, 0.3) is 0 Å². The summed E-state index contributed by atoms with van der Waals surface area (Å²) in [5.41, 5.74) is 2.86. The number of ether oxygens (including phenoxy) is 1. The van der Waals surface area contributed by atoms with Crippen LogP contribution < -0.4 is 15.4 Å². The number of urea groups is 1. The highest BCUT2D eigenvalue weighted by molar-refractivity contribution is 5.92. The number of hydrogen-bond acceptors (Lipinski definition) is 3. The summed E-state index contributed by atoms with van der Waals surface area (Å²) >= 11 is 0. The summed E-state index contributed by atoms with van der Waals surface area (Å²) in [5, 5.41) is 5.42. The Bertz CT molecular complexity index is 820. The van der Waals surface area contributed by atoms with Crippen molar-refractivity contribution in [2.75, 3.05) is 25.0 Å². The second-order valence-electron chi connectivity index (χ2n) is 6.92. The second-order valence-corrected chi connectivity index (χ2v) is 6.92. The van der Waals surface area contributed by atoms with Gasteiger partial charge in [0.05, 0.1) is 19.2 Å². The molecule has 3 amide bonds. The van der Waals surface area contributed by atoms with Gasteiger partial charge in [-0.3, -0.25) is 4.79 Å². The largest absolute Gasteiger partial charge is 0.494 e. The standard InChI is InChI=1S/C22H27N3O3/c1-3-28-19-11-9-17(10-12-19)20-8-5-13-25(20)21(26)15-23-22(27)24-18-7-4-6-16(2)14-18/h4,6-7,9-12,14,20H,3,5,8,13,15H2,1-2H3,(H2,23,24,27). The topological polar surface area (TPSA) is 70.7 Å². The Morgan fingerprint density at radius 1 is 1.18 bits per heavy atom. The van der Waals surface area contributed by atoms with Gasteiger partial charge in [-0.15, -0.1) is 0 Å². The van der Waals surface area contributed by atoms with E-state index < -0.39 is 0 Å². The molecule has 0 aliphatic carbocycles. The SMILES string of the molecule is CCOc1ccc(C2CCCN2C(=O)CNC(=O)Nc2cccc(C)c2)cc1. The van der Waals surface area contributed by atoms with E-state index in [9.17, 15) is 9.59 Å². The van der Waals surface area contributed by atoms with Gasteiger partial charge in [-0.25, -0.2) is 4.79 Å². The van der Waals surface area contributed by atoms with Crippen LogP contribution in [-0.4, -0.2) is 36.5 Å². The van der Waals surface area contributed by atoms with Gasteiger partial charge in [0.2, 0.25) is 5.91 Å². The van der Waals surface area contributed by atoms with E-state index in [0.29, 0.717) is 18.8 Å². The lowest BCUT2D eigenvalue weighted by Gasteiger charge is -2.25. The van der Waals surface area contributed by atoms with Gasteiger partial charge in [-0.05, 0) is 62.1 Å². The van der Waals surface area contributed by atoms with Crippen molar-refractivity contribution in [3.8, 4) is 5.75 Å². The summed E-state index contributed by atoms with van der Waals surface area (Å²) in [4.78, 5) is 26.6. The lowest BCUT2D eigenvalue weighted by molar-refractivity contribution is -0.131. The van der Waals surface area contributed by atoms with Gasteiger partial charge in [0.15, 0.2) is 0 Å². The Balaban J connectivity index is 1.54. The van der Waals surface area contributed by atoms with Crippen molar-refractivity contribution < 1.29 is 14.3 Å². The number of likely N-dealkylation sites (tertiary alicyclic amines) is 1. The predicted molar refractivity (Wildman–Crippen MR) is 109 cm³/mol. The number of nitrogens with zero attached hydrogens (tertiary/aromatic N) is 1. The highest BCUT2D eigenvalue weighted by Crippen LogP contribution is 2.32. The smallest absolute Gasteiger partial charge is 0.319 e. The molecule has 6 heteroatoms. The van der Waals surface area contributed by atoms with Crippen LogP contribution in [0.3, 0.4) is 0 Å². The van der Waals surface area contributed by atoms with E-state index in [1.54, 1.807) is 0 Å². The van der Waals surface area contributed by atoms with Gasteiger partial charge in [-0.2, -0.15) is 0 Å². The lowest BCUT2D eigenvalue weighted by Crippen LogP contribution is -2.41. The molecule has 0 spiro atoms. The van der Waals surface area contributed by atoms with Crippen LogP contribution in [0, 0.1) is 6.92 Å². The van der Waals surface area contributed by atoms with Crippen LogP contribution in [0.1, 0.15) is 36.9 Å². The van der Waals surface area contributed by atoms with Crippen LogP contribution in [0.2, 0.25) is 0 Å².